The summed E-state index contributed by atoms with van der Waals surface area (Å²) < 4.78 is 7.80. The molecular formula is C19H23BrN4O3. The van der Waals surface area contributed by atoms with Gasteiger partial charge < -0.3 is 15.0 Å². The van der Waals surface area contributed by atoms with E-state index in [1.54, 1.807) is 28.8 Å². The monoisotopic (exact) mass is 434 g/mol. The van der Waals surface area contributed by atoms with Crippen LogP contribution >= 0.6 is 15.9 Å². The Morgan fingerprint density at radius 2 is 2.15 bits per heavy atom. The molecule has 1 atom stereocenters. The van der Waals surface area contributed by atoms with Gasteiger partial charge in [-0.15, -0.1) is 0 Å². The van der Waals surface area contributed by atoms with Crippen LogP contribution in [0.4, 0.5) is 10.6 Å². The van der Waals surface area contributed by atoms with E-state index in [4.69, 9.17) is 4.74 Å². The minimum absolute atomic E-state index is 0.0992. The maximum Gasteiger partial charge on any atom is 0.409 e. The number of aromatic nitrogens is 2. The number of halogens is 1. The highest BCUT2D eigenvalue weighted by atomic mass is 79.9. The van der Waals surface area contributed by atoms with E-state index in [2.05, 4.69) is 26.3 Å². The van der Waals surface area contributed by atoms with Crippen molar-refractivity contribution in [2.75, 3.05) is 25.0 Å². The number of benzene rings is 1. The summed E-state index contributed by atoms with van der Waals surface area (Å²) in [6, 6.07) is 9.69. The summed E-state index contributed by atoms with van der Waals surface area (Å²) in [5, 5.41) is 7.27. The molecule has 1 aromatic carbocycles. The molecule has 1 aliphatic rings. The molecule has 3 rings (SSSR count). The lowest BCUT2D eigenvalue weighted by atomic mass is 9.97. The van der Waals surface area contributed by atoms with Crippen LogP contribution in [0.1, 0.15) is 25.3 Å². The Hall–Kier alpha value is -2.35. The lowest BCUT2D eigenvalue weighted by Crippen LogP contribution is -2.44. The fourth-order valence-corrected chi connectivity index (χ4v) is 3.56. The molecule has 0 bridgehead atoms. The van der Waals surface area contributed by atoms with Crippen LogP contribution in [0, 0.1) is 5.92 Å². The standard InChI is InChI=1S/C19H23BrN4O3/c1-2-27-19(26)23-11-5-7-15(12-23)18(25)22-17-9-10-21-24(17)13-14-6-3-4-8-16(14)20/h3-4,6,8-10,15H,2,5,7,11-13H2,1H3,(H,22,25)/t15-/m1/s1. The third kappa shape index (κ3) is 4.88. The van der Waals surface area contributed by atoms with Gasteiger partial charge in [-0.1, -0.05) is 34.1 Å². The summed E-state index contributed by atoms with van der Waals surface area (Å²) in [6.07, 6.45) is 2.85. The summed E-state index contributed by atoms with van der Waals surface area (Å²) in [4.78, 5) is 26.3. The molecule has 0 saturated carbocycles. The number of hydrogen-bond donors (Lipinski definition) is 1. The Labute approximate surface area is 166 Å². The van der Waals surface area contributed by atoms with Crippen molar-refractivity contribution >= 4 is 33.7 Å². The first kappa shape index (κ1) is 19.4. The molecule has 0 spiro atoms. The maximum atomic E-state index is 12.7. The third-order valence-corrected chi connectivity index (χ3v) is 5.34. The predicted molar refractivity (Wildman–Crippen MR) is 105 cm³/mol. The Morgan fingerprint density at radius 3 is 2.93 bits per heavy atom. The van der Waals surface area contributed by atoms with Crippen molar-refractivity contribution in [2.24, 2.45) is 5.92 Å². The first-order chi connectivity index (χ1) is 13.1. The fourth-order valence-electron chi connectivity index (χ4n) is 3.15. The van der Waals surface area contributed by atoms with Crippen LogP contribution < -0.4 is 5.32 Å². The minimum Gasteiger partial charge on any atom is -0.450 e. The first-order valence-electron chi connectivity index (χ1n) is 9.06. The number of nitrogens with one attached hydrogen (secondary N) is 1. The van der Waals surface area contributed by atoms with Gasteiger partial charge in [-0.3, -0.25) is 4.79 Å². The van der Waals surface area contributed by atoms with Gasteiger partial charge >= 0.3 is 6.09 Å². The molecule has 1 aliphatic heterocycles. The molecular weight excluding hydrogens is 412 g/mol. The third-order valence-electron chi connectivity index (χ3n) is 4.56. The van der Waals surface area contributed by atoms with Gasteiger partial charge in [-0.2, -0.15) is 5.10 Å². The van der Waals surface area contributed by atoms with E-state index in [-0.39, 0.29) is 17.9 Å². The molecule has 2 amide bonds. The molecule has 144 valence electrons. The van der Waals surface area contributed by atoms with E-state index in [9.17, 15) is 9.59 Å². The van der Waals surface area contributed by atoms with E-state index < -0.39 is 0 Å². The SMILES string of the molecule is CCOC(=O)N1CCC[C@@H](C(=O)Nc2ccnn2Cc2ccccc2Br)C1. The zero-order chi connectivity index (χ0) is 19.2. The quantitative estimate of drug-likeness (QED) is 0.780. The largest absolute Gasteiger partial charge is 0.450 e. The highest BCUT2D eigenvalue weighted by molar-refractivity contribution is 9.10. The van der Waals surface area contributed by atoms with Crippen molar-refractivity contribution in [1.29, 1.82) is 0 Å². The molecule has 8 heteroatoms. The number of ether oxygens (including phenoxy) is 1. The van der Waals surface area contributed by atoms with Gasteiger partial charge in [0.05, 0.1) is 25.3 Å². The van der Waals surface area contributed by atoms with Gasteiger partial charge in [0.2, 0.25) is 5.91 Å². The van der Waals surface area contributed by atoms with Crippen LogP contribution in [0.5, 0.6) is 0 Å². The number of carbonyl (C=O) groups is 2. The highest BCUT2D eigenvalue weighted by Gasteiger charge is 2.29. The Balaban J connectivity index is 1.64. The molecule has 1 saturated heterocycles. The molecule has 1 fully saturated rings. The van der Waals surface area contributed by atoms with Crippen LogP contribution in [0.25, 0.3) is 0 Å². The van der Waals surface area contributed by atoms with Gasteiger partial charge in [0.15, 0.2) is 0 Å². The predicted octanol–water partition coefficient (Wildman–Crippen LogP) is 3.50. The zero-order valence-electron chi connectivity index (χ0n) is 15.2. The molecule has 2 heterocycles. The van der Waals surface area contributed by atoms with Crippen molar-refractivity contribution in [3.05, 3.63) is 46.6 Å². The molecule has 0 radical (unpaired) electrons. The van der Waals surface area contributed by atoms with Crippen molar-refractivity contribution in [1.82, 2.24) is 14.7 Å². The second-order valence-electron chi connectivity index (χ2n) is 6.44. The zero-order valence-corrected chi connectivity index (χ0v) is 16.8. The number of nitrogens with zero attached hydrogens (tertiary/aromatic N) is 3. The van der Waals surface area contributed by atoms with E-state index in [1.165, 1.54) is 0 Å². The number of piperidine rings is 1. The van der Waals surface area contributed by atoms with Gasteiger partial charge in [-0.05, 0) is 31.4 Å². The number of hydrogen-bond acceptors (Lipinski definition) is 4. The molecule has 0 unspecified atom stereocenters. The maximum absolute atomic E-state index is 12.7. The van der Waals surface area contributed by atoms with Crippen molar-refractivity contribution in [3.8, 4) is 0 Å². The van der Waals surface area contributed by atoms with E-state index in [1.807, 2.05) is 24.3 Å². The molecule has 1 N–H and O–H groups in total. The van der Waals surface area contributed by atoms with Gasteiger partial charge in [0, 0.05) is 23.6 Å². The van der Waals surface area contributed by atoms with E-state index in [0.29, 0.717) is 32.1 Å². The highest BCUT2D eigenvalue weighted by Crippen LogP contribution is 2.21. The normalized spacial score (nSPS) is 16.8. The van der Waals surface area contributed by atoms with Crippen molar-refractivity contribution in [3.63, 3.8) is 0 Å². The first-order valence-corrected chi connectivity index (χ1v) is 9.85. The Kier molecular flexibility index (Phi) is 6.49. The molecule has 7 nitrogen and oxygen atoms in total. The van der Waals surface area contributed by atoms with Gasteiger partial charge in [0.1, 0.15) is 5.82 Å². The number of anilines is 1. The summed E-state index contributed by atoms with van der Waals surface area (Å²) in [5.74, 6) is 0.289. The van der Waals surface area contributed by atoms with Crippen LogP contribution in [-0.2, 0) is 16.1 Å². The average molecular weight is 435 g/mol. The lowest BCUT2D eigenvalue weighted by Gasteiger charge is -2.31. The minimum atomic E-state index is -0.353. The Bertz CT molecular complexity index is 808. The molecule has 27 heavy (non-hydrogen) atoms. The van der Waals surface area contributed by atoms with Crippen LogP contribution in [-0.4, -0.2) is 46.4 Å². The average Bonchev–Trinajstić information content (AvgIpc) is 3.10. The lowest BCUT2D eigenvalue weighted by molar-refractivity contribution is -0.121. The molecule has 2 aromatic rings. The van der Waals surface area contributed by atoms with Crippen LogP contribution in [0.2, 0.25) is 0 Å². The van der Waals surface area contributed by atoms with Gasteiger partial charge in [0.25, 0.3) is 0 Å². The van der Waals surface area contributed by atoms with Gasteiger partial charge in [-0.25, -0.2) is 9.48 Å². The fraction of sp³-hybridized carbons (Fsp3) is 0.421. The van der Waals surface area contributed by atoms with Crippen molar-refractivity contribution < 1.29 is 14.3 Å². The van der Waals surface area contributed by atoms with E-state index in [0.717, 1.165) is 22.9 Å². The van der Waals surface area contributed by atoms with Crippen LogP contribution in [0.15, 0.2) is 41.0 Å². The Morgan fingerprint density at radius 1 is 1.33 bits per heavy atom. The summed E-state index contributed by atoms with van der Waals surface area (Å²) >= 11 is 3.54. The number of rotatable bonds is 5. The van der Waals surface area contributed by atoms with Crippen LogP contribution in [0.3, 0.4) is 0 Å². The second-order valence-corrected chi connectivity index (χ2v) is 7.29. The van der Waals surface area contributed by atoms with Crippen molar-refractivity contribution in [2.45, 2.75) is 26.3 Å². The number of likely N-dealkylation sites (tertiary alicyclic amines) is 1. The molecule has 1 aromatic heterocycles. The summed E-state index contributed by atoms with van der Waals surface area (Å²) in [7, 11) is 0. The summed E-state index contributed by atoms with van der Waals surface area (Å²) in [6.45, 7) is 3.66. The summed E-state index contributed by atoms with van der Waals surface area (Å²) in [5.41, 5.74) is 1.07. The smallest absolute Gasteiger partial charge is 0.409 e. The number of amides is 2. The van der Waals surface area contributed by atoms with E-state index >= 15 is 0 Å². The number of carbonyl (C=O) groups excluding carboxylic acids is 2. The topological polar surface area (TPSA) is 76.5 Å². The molecule has 0 aliphatic carbocycles. The second kappa shape index (κ2) is 9.03.